The van der Waals surface area contributed by atoms with Gasteiger partial charge >= 0.3 is 0 Å². The van der Waals surface area contributed by atoms with E-state index in [-0.39, 0.29) is 29.8 Å². The number of amides is 2. The topological polar surface area (TPSA) is 49.4 Å². The summed E-state index contributed by atoms with van der Waals surface area (Å²) in [6.07, 6.45) is 2.35. The van der Waals surface area contributed by atoms with Gasteiger partial charge in [-0.25, -0.2) is 0 Å². The van der Waals surface area contributed by atoms with Crippen molar-refractivity contribution in [2.24, 2.45) is 11.8 Å². The van der Waals surface area contributed by atoms with Gasteiger partial charge in [-0.05, 0) is 18.8 Å². The molecular weight excluding hydrogens is 240 g/mol. The Hall–Kier alpha value is -1.06. The maximum atomic E-state index is 12.7. The lowest BCUT2D eigenvalue weighted by Gasteiger charge is -2.34. The van der Waals surface area contributed by atoms with E-state index in [9.17, 15) is 9.59 Å². The molecule has 1 aliphatic rings. The third kappa shape index (κ3) is 3.71. The smallest absolute Gasteiger partial charge is 0.245 e. The van der Waals surface area contributed by atoms with Gasteiger partial charge in [-0.1, -0.05) is 40.5 Å². The van der Waals surface area contributed by atoms with Crippen LogP contribution in [0.4, 0.5) is 0 Å². The molecule has 4 nitrogen and oxygen atoms in total. The van der Waals surface area contributed by atoms with Crippen LogP contribution in [0.15, 0.2) is 0 Å². The fourth-order valence-corrected chi connectivity index (χ4v) is 2.49. The summed E-state index contributed by atoms with van der Waals surface area (Å²) in [5, 5.41) is 2.89. The van der Waals surface area contributed by atoms with E-state index in [2.05, 4.69) is 33.0 Å². The van der Waals surface area contributed by atoms with E-state index in [1.807, 2.05) is 11.8 Å². The van der Waals surface area contributed by atoms with Crippen LogP contribution >= 0.6 is 0 Å². The Bertz CT molecular complexity index is 330. The molecule has 0 aromatic carbocycles. The van der Waals surface area contributed by atoms with Gasteiger partial charge in [0.2, 0.25) is 11.8 Å². The van der Waals surface area contributed by atoms with Gasteiger partial charge in [-0.3, -0.25) is 9.59 Å². The second-order valence-electron chi connectivity index (χ2n) is 5.84. The molecule has 0 aromatic heterocycles. The van der Waals surface area contributed by atoms with E-state index in [1.54, 1.807) is 0 Å². The van der Waals surface area contributed by atoms with Crippen LogP contribution in [-0.4, -0.2) is 35.3 Å². The fraction of sp³-hybridized carbons (Fsp3) is 0.867. The molecule has 1 heterocycles. The summed E-state index contributed by atoms with van der Waals surface area (Å²) in [6, 6.07) is -0.164. The zero-order valence-corrected chi connectivity index (χ0v) is 12.9. The molecule has 0 radical (unpaired) electrons. The van der Waals surface area contributed by atoms with Crippen LogP contribution in [0.5, 0.6) is 0 Å². The molecule has 1 rings (SSSR count). The molecule has 1 aliphatic heterocycles. The lowest BCUT2D eigenvalue weighted by molar-refractivity contribution is -0.137. The van der Waals surface area contributed by atoms with Gasteiger partial charge in [0, 0.05) is 19.0 Å². The van der Waals surface area contributed by atoms with Gasteiger partial charge in [0.15, 0.2) is 0 Å². The van der Waals surface area contributed by atoms with Crippen molar-refractivity contribution in [3.05, 3.63) is 0 Å². The summed E-state index contributed by atoms with van der Waals surface area (Å²) in [4.78, 5) is 26.3. The van der Waals surface area contributed by atoms with Crippen molar-refractivity contribution in [2.45, 2.75) is 66.0 Å². The third-order valence-electron chi connectivity index (χ3n) is 4.62. The molecule has 110 valence electrons. The molecule has 19 heavy (non-hydrogen) atoms. The maximum Gasteiger partial charge on any atom is 0.245 e. The summed E-state index contributed by atoms with van der Waals surface area (Å²) >= 11 is 0. The molecule has 0 bridgehead atoms. The van der Waals surface area contributed by atoms with Crippen LogP contribution in [-0.2, 0) is 9.59 Å². The molecular formula is C15H28N2O2. The summed E-state index contributed by atoms with van der Waals surface area (Å²) in [7, 11) is 0. The Balaban J connectivity index is 2.92. The molecule has 0 saturated carbocycles. The van der Waals surface area contributed by atoms with E-state index < -0.39 is 0 Å². The molecule has 4 heteroatoms. The molecule has 2 amide bonds. The zero-order valence-electron chi connectivity index (χ0n) is 12.9. The summed E-state index contributed by atoms with van der Waals surface area (Å²) in [5.74, 6) is 0.724. The molecule has 0 aromatic rings. The van der Waals surface area contributed by atoms with Crippen molar-refractivity contribution >= 4 is 11.8 Å². The second-order valence-corrected chi connectivity index (χ2v) is 5.84. The van der Waals surface area contributed by atoms with Crippen molar-refractivity contribution in [2.75, 3.05) is 6.54 Å². The quantitative estimate of drug-likeness (QED) is 0.831. The lowest BCUT2D eigenvalue weighted by atomic mass is 9.95. The minimum absolute atomic E-state index is 0.00231. The van der Waals surface area contributed by atoms with Gasteiger partial charge in [0.1, 0.15) is 6.04 Å². The van der Waals surface area contributed by atoms with E-state index in [4.69, 9.17) is 0 Å². The highest BCUT2D eigenvalue weighted by molar-refractivity contribution is 5.90. The largest absolute Gasteiger partial charge is 0.344 e. The first-order valence-electron chi connectivity index (χ1n) is 7.52. The predicted molar refractivity (Wildman–Crippen MR) is 76.6 cm³/mol. The molecule has 1 saturated heterocycles. The monoisotopic (exact) mass is 268 g/mol. The molecule has 4 atom stereocenters. The SMILES string of the molecule is CCC(C)C1NC(=O)CCN(C(C)C(C)CC)C1=O. The molecule has 1 N–H and O–H groups in total. The highest BCUT2D eigenvalue weighted by Crippen LogP contribution is 2.20. The van der Waals surface area contributed by atoms with Crippen molar-refractivity contribution in [3.63, 3.8) is 0 Å². The van der Waals surface area contributed by atoms with Crippen molar-refractivity contribution < 1.29 is 9.59 Å². The van der Waals surface area contributed by atoms with Crippen molar-refractivity contribution in [3.8, 4) is 0 Å². The average Bonchev–Trinajstić information content (AvgIpc) is 2.56. The van der Waals surface area contributed by atoms with Gasteiger partial charge in [0.05, 0.1) is 0 Å². The van der Waals surface area contributed by atoms with Crippen molar-refractivity contribution in [1.82, 2.24) is 10.2 Å². The van der Waals surface area contributed by atoms with Crippen LogP contribution in [0.2, 0.25) is 0 Å². The minimum atomic E-state index is -0.355. The minimum Gasteiger partial charge on any atom is -0.344 e. The number of hydrogen-bond donors (Lipinski definition) is 1. The van der Waals surface area contributed by atoms with Gasteiger partial charge in [-0.15, -0.1) is 0 Å². The first-order chi connectivity index (χ1) is 8.92. The molecule has 0 spiro atoms. The lowest BCUT2D eigenvalue weighted by Crippen LogP contribution is -2.51. The molecule has 0 aliphatic carbocycles. The Kier molecular flexibility index (Phi) is 5.83. The Morgan fingerprint density at radius 3 is 2.37 bits per heavy atom. The average molecular weight is 268 g/mol. The van der Waals surface area contributed by atoms with Gasteiger partial charge in [-0.2, -0.15) is 0 Å². The van der Waals surface area contributed by atoms with Crippen LogP contribution in [0.1, 0.15) is 53.9 Å². The normalized spacial score (nSPS) is 25.5. The Morgan fingerprint density at radius 2 is 1.84 bits per heavy atom. The van der Waals surface area contributed by atoms with Crippen LogP contribution in [0.25, 0.3) is 0 Å². The Morgan fingerprint density at radius 1 is 1.21 bits per heavy atom. The first kappa shape index (κ1) is 16.0. The third-order valence-corrected chi connectivity index (χ3v) is 4.62. The summed E-state index contributed by atoms with van der Waals surface area (Å²) < 4.78 is 0. The van der Waals surface area contributed by atoms with E-state index in [1.165, 1.54) is 0 Å². The predicted octanol–water partition coefficient (Wildman–Crippen LogP) is 2.18. The van der Waals surface area contributed by atoms with E-state index in [0.29, 0.717) is 18.9 Å². The van der Waals surface area contributed by atoms with Crippen LogP contribution in [0.3, 0.4) is 0 Å². The molecule has 4 unspecified atom stereocenters. The first-order valence-corrected chi connectivity index (χ1v) is 7.52. The zero-order chi connectivity index (χ0) is 14.6. The fourth-order valence-electron chi connectivity index (χ4n) is 2.49. The van der Waals surface area contributed by atoms with Crippen LogP contribution in [0, 0.1) is 11.8 Å². The number of nitrogens with zero attached hydrogens (tertiary/aromatic N) is 1. The highest BCUT2D eigenvalue weighted by atomic mass is 16.2. The molecule has 1 fully saturated rings. The number of nitrogens with one attached hydrogen (secondary N) is 1. The number of hydrogen-bond acceptors (Lipinski definition) is 2. The number of carbonyl (C=O) groups excluding carboxylic acids is 2. The summed E-state index contributed by atoms with van der Waals surface area (Å²) in [5.41, 5.74) is 0. The number of rotatable bonds is 5. The number of carbonyl (C=O) groups is 2. The van der Waals surface area contributed by atoms with Crippen molar-refractivity contribution in [1.29, 1.82) is 0 Å². The standard InChI is InChI=1S/C15H28N2O2/c1-6-10(3)12(5)17-9-8-13(18)16-14(15(17)19)11(4)7-2/h10-12,14H,6-9H2,1-5H3,(H,16,18). The maximum absolute atomic E-state index is 12.7. The Labute approximate surface area is 116 Å². The summed E-state index contributed by atoms with van der Waals surface area (Å²) in [6.45, 7) is 11.0. The van der Waals surface area contributed by atoms with Crippen LogP contribution < -0.4 is 5.32 Å². The van der Waals surface area contributed by atoms with E-state index in [0.717, 1.165) is 12.8 Å². The highest BCUT2D eigenvalue weighted by Gasteiger charge is 2.35. The van der Waals surface area contributed by atoms with Gasteiger partial charge < -0.3 is 10.2 Å². The second kappa shape index (κ2) is 6.92. The van der Waals surface area contributed by atoms with Gasteiger partial charge in [0.25, 0.3) is 0 Å². The van der Waals surface area contributed by atoms with E-state index >= 15 is 0 Å².